The van der Waals surface area contributed by atoms with Crippen molar-refractivity contribution in [3.05, 3.63) is 71.0 Å². The predicted molar refractivity (Wildman–Crippen MR) is 76.5 cm³/mol. The number of hydrogen-bond donors (Lipinski definition) is 2. The van der Waals surface area contributed by atoms with Gasteiger partial charge in [-0.15, -0.1) is 0 Å². The second-order valence-electron chi connectivity index (χ2n) is 5.38. The van der Waals surface area contributed by atoms with Gasteiger partial charge in [-0.1, -0.05) is 36.4 Å². The summed E-state index contributed by atoms with van der Waals surface area (Å²) in [6.07, 6.45) is -0.683. The SMILES string of the molecule is O=C(O)CC1(O)O[C@@H](c2ccccc2)Cc2ccc(F)cc21. The molecule has 22 heavy (non-hydrogen) atoms. The molecule has 0 bridgehead atoms. The van der Waals surface area contributed by atoms with E-state index in [1.54, 1.807) is 6.07 Å². The Balaban J connectivity index is 2.05. The van der Waals surface area contributed by atoms with E-state index in [0.29, 0.717) is 12.0 Å². The van der Waals surface area contributed by atoms with Crippen molar-refractivity contribution in [2.75, 3.05) is 0 Å². The zero-order valence-corrected chi connectivity index (χ0v) is 11.7. The fraction of sp³-hybridized carbons (Fsp3) is 0.235. The first-order valence-corrected chi connectivity index (χ1v) is 6.94. The van der Waals surface area contributed by atoms with E-state index in [0.717, 1.165) is 11.6 Å². The molecule has 2 N–H and O–H groups in total. The number of rotatable bonds is 3. The van der Waals surface area contributed by atoms with E-state index in [-0.39, 0.29) is 5.56 Å². The van der Waals surface area contributed by atoms with Crippen LogP contribution < -0.4 is 0 Å². The van der Waals surface area contributed by atoms with Crippen molar-refractivity contribution in [2.45, 2.75) is 24.7 Å². The molecule has 0 radical (unpaired) electrons. The third kappa shape index (κ3) is 2.73. The summed E-state index contributed by atoms with van der Waals surface area (Å²) in [5.74, 6) is -3.79. The van der Waals surface area contributed by atoms with Crippen LogP contribution in [0.3, 0.4) is 0 Å². The van der Waals surface area contributed by atoms with Crippen LogP contribution in [0.1, 0.15) is 29.2 Å². The van der Waals surface area contributed by atoms with Crippen molar-refractivity contribution in [3.63, 3.8) is 0 Å². The molecule has 5 heteroatoms. The smallest absolute Gasteiger partial charge is 0.309 e. The normalized spacial score (nSPS) is 23.8. The number of carbonyl (C=O) groups is 1. The summed E-state index contributed by atoms with van der Waals surface area (Å²) in [4.78, 5) is 11.1. The molecule has 0 amide bonds. The maximum atomic E-state index is 13.5. The molecule has 0 saturated heterocycles. The molecule has 0 fully saturated rings. The maximum Gasteiger partial charge on any atom is 0.309 e. The topological polar surface area (TPSA) is 66.8 Å². The first kappa shape index (κ1) is 14.7. The minimum atomic E-state index is -2.04. The van der Waals surface area contributed by atoms with Crippen molar-refractivity contribution in [1.82, 2.24) is 0 Å². The predicted octanol–water partition coefficient (Wildman–Crippen LogP) is 2.76. The van der Waals surface area contributed by atoms with Crippen molar-refractivity contribution >= 4 is 5.97 Å². The Morgan fingerprint density at radius 2 is 2.00 bits per heavy atom. The highest BCUT2D eigenvalue weighted by Crippen LogP contribution is 2.42. The van der Waals surface area contributed by atoms with Gasteiger partial charge in [0, 0.05) is 12.0 Å². The van der Waals surface area contributed by atoms with Crippen LogP contribution in [0.15, 0.2) is 48.5 Å². The van der Waals surface area contributed by atoms with Crippen LogP contribution in [0, 0.1) is 5.82 Å². The molecule has 2 aromatic rings. The number of aliphatic hydroxyl groups is 1. The van der Waals surface area contributed by atoms with Crippen molar-refractivity contribution in [1.29, 1.82) is 0 Å². The van der Waals surface area contributed by atoms with Crippen LogP contribution in [-0.2, 0) is 21.7 Å². The third-order valence-electron chi connectivity index (χ3n) is 3.80. The number of carboxylic acid groups (broad SMARTS) is 1. The van der Waals surface area contributed by atoms with E-state index in [1.165, 1.54) is 6.07 Å². The van der Waals surface area contributed by atoms with Gasteiger partial charge in [-0.25, -0.2) is 4.39 Å². The van der Waals surface area contributed by atoms with Crippen LogP contribution in [-0.4, -0.2) is 16.2 Å². The number of benzene rings is 2. The lowest BCUT2D eigenvalue weighted by molar-refractivity contribution is -0.253. The molecule has 1 aliphatic heterocycles. The fourth-order valence-corrected chi connectivity index (χ4v) is 2.83. The summed E-state index contributed by atoms with van der Waals surface area (Å²) in [6, 6.07) is 13.2. The molecule has 0 aliphatic carbocycles. The first-order chi connectivity index (χ1) is 10.5. The van der Waals surface area contributed by atoms with Gasteiger partial charge in [0.25, 0.3) is 0 Å². The Hall–Kier alpha value is -2.24. The Morgan fingerprint density at radius 1 is 1.27 bits per heavy atom. The molecular weight excluding hydrogens is 287 g/mol. The van der Waals surface area contributed by atoms with Crippen LogP contribution in [0.5, 0.6) is 0 Å². The van der Waals surface area contributed by atoms with Crippen LogP contribution in [0.4, 0.5) is 4.39 Å². The zero-order valence-electron chi connectivity index (χ0n) is 11.7. The Labute approximate surface area is 126 Å². The van der Waals surface area contributed by atoms with Gasteiger partial charge in [0.05, 0.1) is 6.10 Å². The van der Waals surface area contributed by atoms with Crippen molar-refractivity contribution in [3.8, 4) is 0 Å². The molecular formula is C17H15FO4. The van der Waals surface area contributed by atoms with Gasteiger partial charge in [0.15, 0.2) is 0 Å². The van der Waals surface area contributed by atoms with E-state index in [1.807, 2.05) is 30.3 Å². The van der Waals surface area contributed by atoms with Gasteiger partial charge < -0.3 is 14.9 Å². The van der Waals surface area contributed by atoms with Gasteiger partial charge in [-0.2, -0.15) is 0 Å². The summed E-state index contributed by atoms with van der Waals surface area (Å²) in [7, 11) is 0. The number of hydrogen-bond acceptors (Lipinski definition) is 3. The lowest BCUT2D eigenvalue weighted by Gasteiger charge is -2.38. The number of carboxylic acids is 1. The summed E-state index contributed by atoms with van der Waals surface area (Å²) in [6.45, 7) is 0. The maximum absolute atomic E-state index is 13.5. The minimum Gasteiger partial charge on any atom is -0.481 e. The number of halogens is 1. The first-order valence-electron chi connectivity index (χ1n) is 6.94. The van der Waals surface area contributed by atoms with Crippen molar-refractivity contribution < 1.29 is 24.1 Å². The minimum absolute atomic E-state index is 0.182. The molecule has 0 aromatic heterocycles. The van der Waals surface area contributed by atoms with Crippen molar-refractivity contribution in [2.24, 2.45) is 0 Å². The van der Waals surface area contributed by atoms with Gasteiger partial charge in [0.2, 0.25) is 5.79 Å². The standard InChI is InChI=1S/C17H15FO4/c18-13-7-6-12-8-15(11-4-2-1-3-5-11)22-17(21,10-16(19)20)14(12)9-13/h1-7,9,15,21H,8,10H2,(H,19,20)/t15-,17?/m1/s1. The highest BCUT2D eigenvalue weighted by molar-refractivity contribution is 5.68. The van der Waals surface area contributed by atoms with E-state index < -0.39 is 30.1 Å². The Bertz CT molecular complexity index is 701. The Morgan fingerprint density at radius 3 is 2.68 bits per heavy atom. The van der Waals surface area contributed by atoms with Crippen LogP contribution in [0.25, 0.3) is 0 Å². The molecule has 4 nitrogen and oxygen atoms in total. The lowest BCUT2D eigenvalue weighted by Crippen LogP contribution is -2.39. The van der Waals surface area contributed by atoms with E-state index >= 15 is 0 Å². The highest BCUT2D eigenvalue weighted by Gasteiger charge is 2.42. The van der Waals surface area contributed by atoms with Gasteiger partial charge in [-0.05, 0) is 23.3 Å². The molecule has 0 spiro atoms. The van der Waals surface area contributed by atoms with Crippen LogP contribution in [0.2, 0.25) is 0 Å². The third-order valence-corrected chi connectivity index (χ3v) is 3.80. The Kier molecular flexibility index (Phi) is 3.68. The number of aliphatic carboxylic acids is 1. The molecule has 1 aliphatic rings. The number of ether oxygens (including phenoxy) is 1. The lowest BCUT2D eigenvalue weighted by atomic mass is 9.88. The highest BCUT2D eigenvalue weighted by atomic mass is 19.1. The molecule has 114 valence electrons. The molecule has 2 atom stereocenters. The quantitative estimate of drug-likeness (QED) is 0.915. The van der Waals surface area contributed by atoms with Gasteiger partial charge >= 0.3 is 5.97 Å². The van der Waals surface area contributed by atoms with E-state index in [2.05, 4.69) is 0 Å². The second kappa shape index (κ2) is 5.51. The molecule has 2 aromatic carbocycles. The van der Waals surface area contributed by atoms with Crippen LogP contribution >= 0.6 is 0 Å². The van der Waals surface area contributed by atoms with Gasteiger partial charge in [-0.3, -0.25) is 4.79 Å². The summed E-state index contributed by atoms with van der Waals surface area (Å²) in [5, 5.41) is 19.7. The largest absolute Gasteiger partial charge is 0.481 e. The van der Waals surface area contributed by atoms with E-state index in [4.69, 9.17) is 9.84 Å². The summed E-state index contributed by atoms with van der Waals surface area (Å²) >= 11 is 0. The monoisotopic (exact) mass is 302 g/mol. The van der Waals surface area contributed by atoms with Gasteiger partial charge in [0.1, 0.15) is 12.2 Å². The van der Waals surface area contributed by atoms with E-state index in [9.17, 15) is 14.3 Å². The zero-order chi connectivity index (χ0) is 15.7. The molecule has 0 saturated carbocycles. The second-order valence-corrected chi connectivity index (χ2v) is 5.38. The fourth-order valence-electron chi connectivity index (χ4n) is 2.83. The average Bonchev–Trinajstić information content (AvgIpc) is 2.48. The molecule has 3 rings (SSSR count). The average molecular weight is 302 g/mol. The summed E-state index contributed by atoms with van der Waals surface area (Å²) < 4.78 is 19.1. The molecule has 1 heterocycles. The molecule has 1 unspecified atom stereocenters. The summed E-state index contributed by atoms with van der Waals surface area (Å²) in [5.41, 5.74) is 1.70. The number of fused-ring (bicyclic) bond motifs is 1.